The molecule has 0 spiro atoms. The first kappa shape index (κ1) is 17.8. The molecule has 0 aliphatic rings. The minimum absolute atomic E-state index is 0.474. The topological polar surface area (TPSA) is 83.2 Å². The molecule has 0 radical (unpaired) electrons. The smallest absolute Gasteiger partial charge is 0.319 e. The molecule has 0 atom stereocenters. The number of carbonyl (C=O) groups is 1. The number of carboxylic acid groups (broad SMARTS) is 1. The number of rotatable bonds is 5. The number of carboxylic acids is 1. The number of hydrogen-bond donors (Lipinski definition) is 1. The van der Waals surface area contributed by atoms with Gasteiger partial charge in [-0.2, -0.15) is 5.26 Å². The fourth-order valence-electron chi connectivity index (χ4n) is 2.42. The minimum atomic E-state index is -1.01. The van der Waals surface area contributed by atoms with E-state index in [9.17, 15) is 15.2 Å². The highest BCUT2D eigenvalue weighted by atomic mass is 32.2. The third-order valence-electron chi connectivity index (χ3n) is 3.85. The lowest BCUT2D eigenvalue weighted by atomic mass is 10.0. The maximum atomic E-state index is 11.4. The van der Waals surface area contributed by atoms with Gasteiger partial charge in [0.1, 0.15) is 10.5 Å². The van der Waals surface area contributed by atoms with Crippen molar-refractivity contribution < 1.29 is 14.6 Å². The molecule has 0 bridgehead atoms. The summed E-state index contributed by atoms with van der Waals surface area (Å²) in [5.41, 5.74) is 0.570. The summed E-state index contributed by atoms with van der Waals surface area (Å²) in [4.78, 5) is 16.2. The molecule has 2 aromatic carbocycles. The molecule has 3 aromatic rings. The number of aromatic nitrogens is 1. The van der Waals surface area contributed by atoms with Gasteiger partial charge in [-0.15, -0.1) is 11.8 Å². The Morgan fingerprint density at radius 3 is 2.58 bits per heavy atom. The Labute approximate surface area is 155 Å². The second-order valence-corrected chi connectivity index (χ2v) is 7.78. The molecule has 0 fully saturated rings. The first-order valence-electron chi connectivity index (χ1n) is 7.88. The van der Waals surface area contributed by atoms with Gasteiger partial charge in [-0.25, -0.2) is 0 Å². The van der Waals surface area contributed by atoms with E-state index in [-0.39, 0.29) is 0 Å². The van der Waals surface area contributed by atoms with Crippen LogP contribution in [0.15, 0.2) is 59.8 Å². The van der Waals surface area contributed by atoms with Crippen LogP contribution >= 0.6 is 11.8 Å². The summed E-state index contributed by atoms with van der Waals surface area (Å²) in [5.74, 6) is 0.151. The van der Waals surface area contributed by atoms with Gasteiger partial charge in [0.2, 0.25) is 0 Å². The van der Waals surface area contributed by atoms with Crippen molar-refractivity contribution in [3.63, 3.8) is 0 Å². The molecule has 0 aliphatic carbocycles. The Bertz CT molecular complexity index is 1020. The van der Waals surface area contributed by atoms with E-state index in [0.29, 0.717) is 22.0 Å². The molecule has 26 heavy (non-hydrogen) atoms. The molecular weight excluding hydrogens is 348 g/mol. The van der Waals surface area contributed by atoms with Crippen LogP contribution in [-0.4, -0.2) is 20.8 Å². The molecule has 6 heteroatoms. The molecular formula is C20H16N2O3S. The zero-order valence-electron chi connectivity index (χ0n) is 14.3. The number of nitrogens with zero attached hydrogens (tertiary/aromatic N) is 2. The first-order valence-corrected chi connectivity index (χ1v) is 8.70. The van der Waals surface area contributed by atoms with E-state index in [1.165, 1.54) is 11.8 Å². The zero-order chi connectivity index (χ0) is 18.7. The van der Waals surface area contributed by atoms with E-state index in [1.54, 1.807) is 44.4 Å². The van der Waals surface area contributed by atoms with E-state index in [0.717, 1.165) is 10.8 Å². The van der Waals surface area contributed by atoms with Gasteiger partial charge in [-0.1, -0.05) is 24.3 Å². The molecule has 0 saturated heterocycles. The fraction of sp³-hybridized carbons (Fsp3) is 0.150. The summed E-state index contributed by atoms with van der Waals surface area (Å²) in [6.45, 7) is 3.28. The number of thioether (sulfide) groups is 1. The monoisotopic (exact) mass is 364 g/mol. The lowest BCUT2D eigenvalue weighted by Gasteiger charge is -2.20. The van der Waals surface area contributed by atoms with Crippen molar-refractivity contribution in [3.8, 4) is 17.6 Å². The van der Waals surface area contributed by atoms with Gasteiger partial charge in [-0.05, 0) is 32.0 Å². The minimum Gasteiger partial charge on any atom is -0.480 e. The quantitative estimate of drug-likeness (QED) is 0.651. The number of fused-ring (bicyclic) bond motifs is 1. The van der Waals surface area contributed by atoms with Crippen LogP contribution in [0.2, 0.25) is 0 Å². The lowest BCUT2D eigenvalue weighted by Crippen LogP contribution is -2.26. The van der Waals surface area contributed by atoms with Crippen LogP contribution in [-0.2, 0) is 4.79 Å². The first-order chi connectivity index (χ1) is 12.4. The molecule has 0 aliphatic heterocycles. The van der Waals surface area contributed by atoms with E-state index >= 15 is 0 Å². The van der Waals surface area contributed by atoms with Gasteiger partial charge in [0.15, 0.2) is 5.75 Å². The molecule has 1 heterocycles. The van der Waals surface area contributed by atoms with E-state index in [4.69, 9.17) is 4.74 Å². The fourth-order valence-corrected chi connectivity index (χ4v) is 3.38. The summed E-state index contributed by atoms with van der Waals surface area (Å²) in [7, 11) is 0. The lowest BCUT2D eigenvalue weighted by molar-refractivity contribution is -0.138. The predicted octanol–water partition coefficient (Wildman–Crippen LogP) is 4.85. The SMILES string of the molecule is CC(C)(Sc1ccncc1Oc1ccc(C#N)c2ccccc12)C(=O)O. The van der Waals surface area contributed by atoms with Gasteiger partial charge in [0.25, 0.3) is 0 Å². The molecule has 0 saturated carbocycles. The second-order valence-electron chi connectivity index (χ2n) is 6.11. The molecule has 0 amide bonds. The molecule has 3 rings (SSSR count). The third kappa shape index (κ3) is 3.48. The van der Waals surface area contributed by atoms with Gasteiger partial charge in [0, 0.05) is 17.0 Å². The van der Waals surface area contributed by atoms with E-state index in [1.807, 2.05) is 24.3 Å². The maximum absolute atomic E-state index is 11.4. The largest absolute Gasteiger partial charge is 0.480 e. The highest BCUT2D eigenvalue weighted by Crippen LogP contribution is 2.40. The van der Waals surface area contributed by atoms with Crippen LogP contribution in [0.25, 0.3) is 10.8 Å². The van der Waals surface area contributed by atoms with Crippen LogP contribution in [0.1, 0.15) is 19.4 Å². The number of pyridine rings is 1. The van der Waals surface area contributed by atoms with Crippen molar-refractivity contribution in [2.24, 2.45) is 0 Å². The Hall–Kier alpha value is -3.04. The summed E-state index contributed by atoms with van der Waals surface area (Å²) in [5, 5.41) is 20.3. The van der Waals surface area contributed by atoms with Crippen molar-refractivity contribution in [1.82, 2.24) is 4.98 Å². The third-order valence-corrected chi connectivity index (χ3v) is 5.09. The molecule has 5 nitrogen and oxygen atoms in total. The number of ether oxygens (including phenoxy) is 1. The van der Waals surface area contributed by atoms with Crippen molar-refractivity contribution in [2.75, 3.05) is 0 Å². The Morgan fingerprint density at radius 2 is 1.88 bits per heavy atom. The Balaban J connectivity index is 2.02. The van der Waals surface area contributed by atoms with Gasteiger partial charge < -0.3 is 9.84 Å². The van der Waals surface area contributed by atoms with Crippen LogP contribution in [0.5, 0.6) is 11.5 Å². The zero-order valence-corrected chi connectivity index (χ0v) is 15.1. The normalized spacial score (nSPS) is 11.1. The summed E-state index contributed by atoms with van der Waals surface area (Å²) >= 11 is 1.20. The average molecular weight is 364 g/mol. The molecule has 1 N–H and O–H groups in total. The van der Waals surface area contributed by atoms with Crippen LogP contribution in [0.4, 0.5) is 0 Å². The highest BCUT2D eigenvalue weighted by molar-refractivity contribution is 8.01. The standard InChI is InChI=1S/C20H16N2O3S/c1-20(2,19(23)24)26-18-9-10-22-12-17(18)25-16-8-7-13(11-21)14-5-3-4-6-15(14)16/h3-10,12H,1-2H3,(H,23,24). The molecule has 1 aromatic heterocycles. The van der Waals surface area contributed by atoms with Crippen molar-refractivity contribution in [3.05, 3.63) is 60.4 Å². The summed E-state index contributed by atoms with van der Waals surface area (Å²) in [6.07, 6.45) is 3.16. The molecule has 130 valence electrons. The van der Waals surface area contributed by atoms with E-state index < -0.39 is 10.7 Å². The second kappa shape index (κ2) is 7.06. The van der Waals surface area contributed by atoms with E-state index in [2.05, 4.69) is 11.1 Å². The van der Waals surface area contributed by atoms with Gasteiger partial charge in [0.05, 0.1) is 22.7 Å². The van der Waals surface area contributed by atoms with Gasteiger partial charge in [-0.3, -0.25) is 9.78 Å². The molecule has 0 unspecified atom stereocenters. The van der Waals surface area contributed by atoms with Crippen LogP contribution in [0, 0.1) is 11.3 Å². The Morgan fingerprint density at radius 1 is 1.15 bits per heavy atom. The van der Waals surface area contributed by atoms with Gasteiger partial charge >= 0.3 is 5.97 Å². The maximum Gasteiger partial charge on any atom is 0.319 e. The average Bonchev–Trinajstić information content (AvgIpc) is 2.63. The van der Waals surface area contributed by atoms with Crippen molar-refractivity contribution >= 4 is 28.5 Å². The summed E-state index contributed by atoms with van der Waals surface area (Å²) < 4.78 is 5.05. The Kier molecular flexibility index (Phi) is 4.83. The van der Waals surface area contributed by atoms with Crippen LogP contribution in [0.3, 0.4) is 0 Å². The van der Waals surface area contributed by atoms with Crippen LogP contribution < -0.4 is 4.74 Å². The highest BCUT2D eigenvalue weighted by Gasteiger charge is 2.30. The number of benzene rings is 2. The predicted molar refractivity (Wildman–Crippen MR) is 101 cm³/mol. The number of nitriles is 1. The summed E-state index contributed by atoms with van der Waals surface area (Å²) in [6, 6.07) is 14.9. The number of hydrogen-bond acceptors (Lipinski definition) is 5. The van der Waals surface area contributed by atoms with Crippen molar-refractivity contribution in [2.45, 2.75) is 23.5 Å². The number of aliphatic carboxylic acids is 1. The van der Waals surface area contributed by atoms with Crippen molar-refractivity contribution in [1.29, 1.82) is 5.26 Å².